The van der Waals surface area contributed by atoms with E-state index in [9.17, 15) is 18.3 Å². The molecule has 92 valence electrons. The first kappa shape index (κ1) is 12.2. The van der Waals surface area contributed by atoms with Crippen molar-refractivity contribution in [2.75, 3.05) is 0 Å². The molecule has 1 aliphatic rings. The summed E-state index contributed by atoms with van der Waals surface area (Å²) in [6.45, 7) is 0. The maximum absolute atomic E-state index is 12.5. The zero-order chi connectivity index (χ0) is 12.5. The highest BCUT2D eigenvalue weighted by Crippen LogP contribution is 2.33. The van der Waals surface area contributed by atoms with Gasteiger partial charge in [-0.3, -0.25) is 0 Å². The van der Waals surface area contributed by atoms with Gasteiger partial charge in [0, 0.05) is 0 Å². The van der Waals surface area contributed by atoms with E-state index in [1.807, 2.05) is 6.08 Å². The summed E-state index contributed by atoms with van der Waals surface area (Å²) in [5.41, 5.74) is 0.871. The van der Waals surface area contributed by atoms with E-state index >= 15 is 0 Å². The molecule has 0 aliphatic heterocycles. The van der Waals surface area contributed by atoms with E-state index in [0.717, 1.165) is 11.6 Å². The number of hydrogen-bond acceptors (Lipinski definition) is 1. The van der Waals surface area contributed by atoms with Gasteiger partial charge in [-0.15, -0.1) is 0 Å². The summed E-state index contributed by atoms with van der Waals surface area (Å²) >= 11 is 0. The fourth-order valence-electron chi connectivity index (χ4n) is 1.98. The van der Waals surface area contributed by atoms with E-state index in [0.29, 0.717) is 24.8 Å². The molecule has 0 saturated heterocycles. The lowest BCUT2D eigenvalue weighted by atomic mass is 9.91. The first-order chi connectivity index (χ1) is 7.97. The van der Waals surface area contributed by atoms with Crippen molar-refractivity contribution in [2.45, 2.75) is 31.5 Å². The van der Waals surface area contributed by atoms with Gasteiger partial charge < -0.3 is 5.11 Å². The van der Waals surface area contributed by atoms with Crippen LogP contribution in [0.4, 0.5) is 13.2 Å². The number of aliphatic hydroxyl groups is 1. The minimum atomic E-state index is -4.30. The molecule has 0 unspecified atom stereocenters. The molecule has 0 fully saturated rings. The largest absolute Gasteiger partial charge is 0.416 e. The molecule has 17 heavy (non-hydrogen) atoms. The molecule has 0 aromatic heterocycles. The second kappa shape index (κ2) is 4.53. The molecule has 4 heteroatoms. The van der Waals surface area contributed by atoms with Gasteiger partial charge in [-0.05, 0) is 42.5 Å². The van der Waals surface area contributed by atoms with Crippen LogP contribution >= 0.6 is 0 Å². The quantitative estimate of drug-likeness (QED) is 0.797. The third-order valence-electron chi connectivity index (χ3n) is 2.94. The average molecular weight is 242 g/mol. The predicted octanol–water partition coefficient (Wildman–Crippen LogP) is 3.63. The van der Waals surface area contributed by atoms with Crippen LogP contribution in [0.3, 0.4) is 0 Å². The van der Waals surface area contributed by atoms with E-state index in [1.165, 1.54) is 12.1 Å². The maximum Gasteiger partial charge on any atom is 0.416 e. The second-order valence-corrected chi connectivity index (χ2v) is 4.24. The SMILES string of the molecule is O[C@H]1CC=C(c2cccc(C(F)(F)F)c2)CC1. The monoisotopic (exact) mass is 242 g/mol. The third kappa shape index (κ3) is 2.88. The lowest BCUT2D eigenvalue weighted by molar-refractivity contribution is -0.137. The minimum Gasteiger partial charge on any atom is -0.393 e. The normalized spacial score (nSPS) is 21.2. The zero-order valence-corrected chi connectivity index (χ0v) is 9.17. The van der Waals surface area contributed by atoms with Gasteiger partial charge in [0.15, 0.2) is 0 Å². The Morgan fingerprint density at radius 3 is 2.59 bits per heavy atom. The molecule has 1 aliphatic carbocycles. The molecule has 0 radical (unpaired) electrons. The van der Waals surface area contributed by atoms with Gasteiger partial charge in [-0.2, -0.15) is 13.2 Å². The van der Waals surface area contributed by atoms with Crippen LogP contribution in [0.2, 0.25) is 0 Å². The molecule has 1 aromatic rings. The summed E-state index contributed by atoms with van der Waals surface area (Å²) in [6, 6.07) is 5.34. The van der Waals surface area contributed by atoms with Crippen LogP contribution in [0, 0.1) is 0 Å². The van der Waals surface area contributed by atoms with Gasteiger partial charge in [0.1, 0.15) is 0 Å². The van der Waals surface area contributed by atoms with Crippen LogP contribution in [0.25, 0.3) is 5.57 Å². The number of benzene rings is 1. The van der Waals surface area contributed by atoms with Crippen LogP contribution in [-0.2, 0) is 6.18 Å². The number of alkyl halides is 3. The summed E-state index contributed by atoms with van der Waals surface area (Å²) in [6.07, 6.45) is -1.07. The number of hydrogen-bond donors (Lipinski definition) is 1. The molecule has 0 amide bonds. The summed E-state index contributed by atoms with van der Waals surface area (Å²) in [5, 5.41) is 9.33. The van der Waals surface area contributed by atoms with Crippen molar-refractivity contribution < 1.29 is 18.3 Å². The smallest absolute Gasteiger partial charge is 0.393 e. The van der Waals surface area contributed by atoms with Crippen molar-refractivity contribution in [3.63, 3.8) is 0 Å². The first-order valence-electron chi connectivity index (χ1n) is 5.51. The highest BCUT2D eigenvalue weighted by atomic mass is 19.4. The number of rotatable bonds is 1. The molecular weight excluding hydrogens is 229 g/mol. The molecule has 2 rings (SSSR count). The van der Waals surface area contributed by atoms with Gasteiger partial charge in [-0.25, -0.2) is 0 Å². The third-order valence-corrected chi connectivity index (χ3v) is 2.94. The lowest BCUT2D eigenvalue weighted by Gasteiger charge is -2.18. The Labute approximate surface area is 97.6 Å². The van der Waals surface area contributed by atoms with Gasteiger partial charge in [0.25, 0.3) is 0 Å². The van der Waals surface area contributed by atoms with Crippen LogP contribution in [-0.4, -0.2) is 11.2 Å². The number of aliphatic hydroxyl groups excluding tert-OH is 1. The molecule has 0 heterocycles. The fourth-order valence-corrected chi connectivity index (χ4v) is 1.98. The Bertz CT molecular complexity index is 435. The highest BCUT2D eigenvalue weighted by molar-refractivity contribution is 5.67. The standard InChI is InChI=1S/C13H13F3O/c14-13(15,16)11-3-1-2-10(8-11)9-4-6-12(17)7-5-9/h1-4,8,12,17H,5-7H2/t12-/m0/s1. The summed E-state index contributed by atoms with van der Waals surface area (Å²) < 4.78 is 37.6. The van der Waals surface area contributed by atoms with Crippen molar-refractivity contribution >= 4 is 5.57 Å². The van der Waals surface area contributed by atoms with E-state index < -0.39 is 11.7 Å². The zero-order valence-electron chi connectivity index (χ0n) is 9.17. The van der Waals surface area contributed by atoms with Crippen molar-refractivity contribution in [1.29, 1.82) is 0 Å². The van der Waals surface area contributed by atoms with Gasteiger partial charge in [-0.1, -0.05) is 18.2 Å². The number of allylic oxidation sites excluding steroid dienone is 1. The van der Waals surface area contributed by atoms with Crippen molar-refractivity contribution in [3.05, 3.63) is 41.5 Å². The summed E-state index contributed by atoms with van der Waals surface area (Å²) in [7, 11) is 0. The minimum absolute atomic E-state index is 0.357. The predicted molar refractivity (Wildman–Crippen MR) is 59.3 cm³/mol. The van der Waals surface area contributed by atoms with Gasteiger partial charge in [0.2, 0.25) is 0 Å². The van der Waals surface area contributed by atoms with Gasteiger partial charge >= 0.3 is 6.18 Å². The Morgan fingerprint density at radius 2 is 2.00 bits per heavy atom. The molecule has 0 bridgehead atoms. The molecule has 1 nitrogen and oxygen atoms in total. The van der Waals surface area contributed by atoms with E-state index in [1.54, 1.807) is 6.07 Å². The van der Waals surface area contributed by atoms with Crippen LogP contribution in [0.15, 0.2) is 30.3 Å². The fraction of sp³-hybridized carbons (Fsp3) is 0.385. The highest BCUT2D eigenvalue weighted by Gasteiger charge is 2.30. The molecular formula is C13H13F3O. The van der Waals surface area contributed by atoms with Crippen molar-refractivity contribution in [3.8, 4) is 0 Å². The molecule has 0 saturated carbocycles. The summed E-state index contributed by atoms with van der Waals surface area (Å²) in [5.74, 6) is 0. The number of halogens is 3. The molecule has 1 atom stereocenters. The molecule has 1 N–H and O–H groups in total. The molecule has 0 spiro atoms. The van der Waals surface area contributed by atoms with Crippen LogP contribution in [0.1, 0.15) is 30.4 Å². The Hall–Kier alpha value is -1.29. The first-order valence-corrected chi connectivity index (χ1v) is 5.51. The topological polar surface area (TPSA) is 20.2 Å². The van der Waals surface area contributed by atoms with Gasteiger partial charge in [0.05, 0.1) is 11.7 Å². The Kier molecular flexibility index (Phi) is 3.24. The van der Waals surface area contributed by atoms with E-state index in [2.05, 4.69) is 0 Å². The maximum atomic E-state index is 12.5. The average Bonchev–Trinajstić information content (AvgIpc) is 2.29. The Morgan fingerprint density at radius 1 is 1.24 bits per heavy atom. The summed E-state index contributed by atoms with van der Waals surface area (Å²) in [4.78, 5) is 0. The van der Waals surface area contributed by atoms with Crippen molar-refractivity contribution in [1.82, 2.24) is 0 Å². The van der Waals surface area contributed by atoms with Crippen molar-refractivity contribution in [2.24, 2.45) is 0 Å². The second-order valence-electron chi connectivity index (χ2n) is 4.24. The lowest BCUT2D eigenvalue weighted by Crippen LogP contribution is -2.10. The van der Waals surface area contributed by atoms with Crippen LogP contribution in [0.5, 0.6) is 0 Å². The van der Waals surface area contributed by atoms with E-state index in [4.69, 9.17) is 0 Å². The van der Waals surface area contributed by atoms with E-state index in [-0.39, 0.29) is 6.10 Å². The Balaban J connectivity index is 2.28. The van der Waals surface area contributed by atoms with Crippen LogP contribution < -0.4 is 0 Å². The molecule has 1 aromatic carbocycles.